The van der Waals surface area contributed by atoms with Gasteiger partial charge in [-0.25, -0.2) is 0 Å². The van der Waals surface area contributed by atoms with Crippen LogP contribution in [-0.2, 0) is 13.5 Å². The molecule has 2 aromatic rings. The van der Waals surface area contributed by atoms with Gasteiger partial charge in [-0.05, 0) is 31.9 Å². The van der Waals surface area contributed by atoms with Crippen LogP contribution < -0.4 is 5.32 Å². The smallest absolute Gasteiger partial charge is 0.0756 e. The Morgan fingerprint density at radius 1 is 1.37 bits per heavy atom. The van der Waals surface area contributed by atoms with E-state index in [1.165, 1.54) is 11.1 Å². The van der Waals surface area contributed by atoms with Gasteiger partial charge in [-0.3, -0.25) is 4.68 Å². The van der Waals surface area contributed by atoms with Crippen LogP contribution in [0.1, 0.15) is 36.2 Å². The van der Waals surface area contributed by atoms with Gasteiger partial charge in [-0.1, -0.05) is 42.0 Å². The number of benzene rings is 1. The van der Waals surface area contributed by atoms with Crippen molar-refractivity contribution in [2.45, 2.75) is 32.7 Å². The zero-order chi connectivity index (χ0) is 13.7. The molecule has 0 aliphatic carbocycles. The fraction of sp³-hybridized carbons (Fsp3) is 0.467. The fourth-order valence-electron chi connectivity index (χ4n) is 2.29. The van der Waals surface area contributed by atoms with Crippen LogP contribution in [-0.4, -0.2) is 21.5 Å². The van der Waals surface area contributed by atoms with Crippen molar-refractivity contribution in [3.8, 4) is 0 Å². The predicted molar refractivity (Wildman–Crippen MR) is 76.9 cm³/mol. The van der Waals surface area contributed by atoms with E-state index < -0.39 is 0 Å². The summed E-state index contributed by atoms with van der Waals surface area (Å²) in [5.74, 6) is 0. The predicted octanol–water partition coefficient (Wildman–Crippen LogP) is 2.41. The van der Waals surface area contributed by atoms with Crippen molar-refractivity contribution >= 4 is 0 Å². The molecule has 1 N–H and O–H groups in total. The first-order valence-electron chi connectivity index (χ1n) is 6.84. The van der Waals surface area contributed by atoms with Gasteiger partial charge in [0.2, 0.25) is 0 Å². The zero-order valence-electron chi connectivity index (χ0n) is 11.9. The highest BCUT2D eigenvalue weighted by molar-refractivity contribution is 5.24. The third-order valence-corrected chi connectivity index (χ3v) is 3.27. The van der Waals surface area contributed by atoms with E-state index in [0.29, 0.717) is 0 Å². The lowest BCUT2D eigenvalue weighted by Gasteiger charge is -2.18. The van der Waals surface area contributed by atoms with E-state index >= 15 is 0 Å². The maximum atomic E-state index is 4.03. The SMILES string of the molecule is CCCNC(Cc1cccc(C)c1)c1cnnn1C. The van der Waals surface area contributed by atoms with E-state index in [4.69, 9.17) is 0 Å². The van der Waals surface area contributed by atoms with Gasteiger partial charge in [0, 0.05) is 7.05 Å². The Bertz CT molecular complexity index is 518. The van der Waals surface area contributed by atoms with E-state index in [1.54, 1.807) is 0 Å². The molecular weight excluding hydrogens is 236 g/mol. The molecule has 0 aliphatic rings. The molecule has 1 atom stereocenters. The van der Waals surface area contributed by atoms with E-state index in [1.807, 2.05) is 17.9 Å². The topological polar surface area (TPSA) is 42.7 Å². The van der Waals surface area contributed by atoms with Crippen LogP contribution in [0.5, 0.6) is 0 Å². The van der Waals surface area contributed by atoms with Gasteiger partial charge >= 0.3 is 0 Å². The Balaban J connectivity index is 2.16. The highest BCUT2D eigenvalue weighted by atomic mass is 15.4. The first-order valence-corrected chi connectivity index (χ1v) is 6.84. The van der Waals surface area contributed by atoms with Crippen molar-refractivity contribution < 1.29 is 0 Å². The summed E-state index contributed by atoms with van der Waals surface area (Å²) < 4.78 is 1.85. The minimum atomic E-state index is 0.266. The van der Waals surface area contributed by atoms with Crippen molar-refractivity contribution in [1.29, 1.82) is 0 Å². The third kappa shape index (κ3) is 3.64. The lowest BCUT2D eigenvalue weighted by molar-refractivity contribution is 0.492. The number of hydrogen-bond donors (Lipinski definition) is 1. The minimum Gasteiger partial charge on any atom is -0.308 e. The van der Waals surface area contributed by atoms with Crippen LogP contribution >= 0.6 is 0 Å². The molecule has 4 nitrogen and oxygen atoms in total. The van der Waals surface area contributed by atoms with E-state index in [-0.39, 0.29) is 6.04 Å². The van der Waals surface area contributed by atoms with Gasteiger partial charge in [0.05, 0.1) is 17.9 Å². The molecule has 0 amide bonds. The normalized spacial score (nSPS) is 12.6. The highest BCUT2D eigenvalue weighted by Gasteiger charge is 2.15. The third-order valence-electron chi connectivity index (χ3n) is 3.27. The molecule has 19 heavy (non-hydrogen) atoms. The number of rotatable bonds is 6. The molecule has 0 radical (unpaired) electrons. The molecule has 0 saturated carbocycles. The molecule has 4 heteroatoms. The maximum Gasteiger partial charge on any atom is 0.0756 e. The van der Waals surface area contributed by atoms with Crippen molar-refractivity contribution in [2.24, 2.45) is 7.05 Å². The molecule has 1 heterocycles. The summed E-state index contributed by atoms with van der Waals surface area (Å²) in [5, 5.41) is 11.6. The number of aromatic nitrogens is 3. The molecule has 0 aliphatic heterocycles. The zero-order valence-corrected chi connectivity index (χ0v) is 11.9. The first kappa shape index (κ1) is 13.7. The van der Waals surface area contributed by atoms with Gasteiger partial charge < -0.3 is 5.32 Å². The Hall–Kier alpha value is -1.68. The van der Waals surface area contributed by atoms with Crippen molar-refractivity contribution in [3.63, 3.8) is 0 Å². The lowest BCUT2D eigenvalue weighted by atomic mass is 10.0. The molecule has 0 fully saturated rings. The summed E-state index contributed by atoms with van der Waals surface area (Å²) in [4.78, 5) is 0. The van der Waals surface area contributed by atoms with Crippen molar-refractivity contribution in [1.82, 2.24) is 20.3 Å². The summed E-state index contributed by atoms with van der Waals surface area (Å²) >= 11 is 0. The lowest BCUT2D eigenvalue weighted by Crippen LogP contribution is -2.26. The van der Waals surface area contributed by atoms with Crippen LogP contribution in [0, 0.1) is 6.92 Å². The molecule has 0 bridgehead atoms. The van der Waals surface area contributed by atoms with Gasteiger partial charge in [-0.15, -0.1) is 5.10 Å². The molecule has 0 spiro atoms. The molecule has 0 saturated heterocycles. The summed E-state index contributed by atoms with van der Waals surface area (Å²) in [5.41, 5.74) is 3.78. The first-order chi connectivity index (χ1) is 9.20. The number of nitrogens with one attached hydrogen (secondary N) is 1. The summed E-state index contributed by atoms with van der Waals surface area (Å²) in [6.45, 7) is 5.31. The Morgan fingerprint density at radius 3 is 2.84 bits per heavy atom. The second kappa shape index (κ2) is 6.48. The highest BCUT2D eigenvalue weighted by Crippen LogP contribution is 2.17. The molecule has 2 rings (SSSR count). The standard InChI is InChI=1S/C15H22N4/c1-4-8-16-14(15-11-17-18-19(15)3)10-13-7-5-6-12(2)9-13/h5-7,9,11,14,16H,4,8,10H2,1-3H3. The average molecular weight is 258 g/mol. The van der Waals surface area contributed by atoms with Crippen LogP contribution in [0.2, 0.25) is 0 Å². The summed E-state index contributed by atoms with van der Waals surface area (Å²) in [6, 6.07) is 8.93. The van der Waals surface area contributed by atoms with Crippen LogP contribution in [0.3, 0.4) is 0 Å². The van der Waals surface area contributed by atoms with E-state index in [9.17, 15) is 0 Å². The quantitative estimate of drug-likeness (QED) is 0.865. The van der Waals surface area contributed by atoms with Crippen molar-refractivity contribution in [2.75, 3.05) is 6.54 Å². The van der Waals surface area contributed by atoms with Crippen LogP contribution in [0.25, 0.3) is 0 Å². The van der Waals surface area contributed by atoms with Gasteiger partial charge in [0.15, 0.2) is 0 Å². The molecular formula is C15H22N4. The van der Waals surface area contributed by atoms with Crippen LogP contribution in [0.15, 0.2) is 30.5 Å². The Morgan fingerprint density at radius 2 is 2.21 bits per heavy atom. The molecule has 1 aromatic heterocycles. The fourth-order valence-corrected chi connectivity index (χ4v) is 2.29. The summed E-state index contributed by atoms with van der Waals surface area (Å²) in [6.07, 6.45) is 3.93. The van der Waals surface area contributed by atoms with Gasteiger partial charge in [0.1, 0.15) is 0 Å². The molecule has 102 valence electrons. The second-order valence-electron chi connectivity index (χ2n) is 4.98. The largest absolute Gasteiger partial charge is 0.308 e. The summed E-state index contributed by atoms with van der Waals surface area (Å²) in [7, 11) is 1.94. The van der Waals surface area contributed by atoms with E-state index in [0.717, 1.165) is 25.1 Å². The number of aryl methyl sites for hydroxylation is 2. The van der Waals surface area contributed by atoms with E-state index in [2.05, 4.69) is 53.7 Å². The maximum absolute atomic E-state index is 4.03. The average Bonchev–Trinajstić information content (AvgIpc) is 2.81. The van der Waals surface area contributed by atoms with Crippen molar-refractivity contribution in [3.05, 3.63) is 47.3 Å². The van der Waals surface area contributed by atoms with Crippen LogP contribution in [0.4, 0.5) is 0 Å². The number of nitrogens with zero attached hydrogens (tertiary/aromatic N) is 3. The Labute approximate surface area is 114 Å². The molecule has 1 aromatic carbocycles. The van der Waals surface area contributed by atoms with Gasteiger partial charge in [0.25, 0.3) is 0 Å². The van der Waals surface area contributed by atoms with Gasteiger partial charge in [-0.2, -0.15) is 0 Å². The number of hydrogen-bond acceptors (Lipinski definition) is 3. The molecule has 1 unspecified atom stereocenters. The Kier molecular flexibility index (Phi) is 4.68. The second-order valence-corrected chi connectivity index (χ2v) is 4.98. The monoisotopic (exact) mass is 258 g/mol. The minimum absolute atomic E-state index is 0.266.